The van der Waals surface area contributed by atoms with Crippen molar-refractivity contribution in [3.05, 3.63) is 36.1 Å². The fourth-order valence-corrected chi connectivity index (χ4v) is 1.33. The van der Waals surface area contributed by atoms with Crippen LogP contribution in [0.1, 0.15) is 20.8 Å². The first-order chi connectivity index (χ1) is 6.70. The smallest absolute Gasteiger partial charge is 0.247 e. The van der Waals surface area contributed by atoms with Crippen molar-refractivity contribution >= 4 is 17.5 Å². The Morgan fingerprint density at radius 2 is 2.07 bits per heavy atom. The van der Waals surface area contributed by atoms with Gasteiger partial charge in [-0.15, -0.1) is 11.6 Å². The Hall–Kier alpha value is -1.02. The fourth-order valence-electron chi connectivity index (χ4n) is 1.09. The second-order valence-electron chi connectivity index (χ2n) is 2.41. The summed E-state index contributed by atoms with van der Waals surface area (Å²) in [5.41, 5.74) is 1.57. The van der Waals surface area contributed by atoms with E-state index in [9.17, 15) is 4.79 Å². The third-order valence-corrected chi connectivity index (χ3v) is 2.09. The van der Waals surface area contributed by atoms with E-state index in [-0.39, 0.29) is 5.91 Å². The van der Waals surface area contributed by atoms with E-state index in [0.29, 0.717) is 0 Å². The summed E-state index contributed by atoms with van der Waals surface area (Å²) in [6, 6.07) is 0. The molecule has 0 aromatic carbocycles. The molecule has 0 spiro atoms. The van der Waals surface area contributed by atoms with Crippen LogP contribution < -0.4 is 5.32 Å². The highest BCUT2D eigenvalue weighted by molar-refractivity contribution is 6.34. The van der Waals surface area contributed by atoms with Crippen LogP contribution in [0, 0.1) is 0 Å². The van der Waals surface area contributed by atoms with Crippen molar-refractivity contribution in [1.29, 1.82) is 0 Å². The van der Waals surface area contributed by atoms with E-state index >= 15 is 0 Å². The van der Waals surface area contributed by atoms with E-state index in [1.807, 2.05) is 26.8 Å². The number of allylic oxidation sites excluding steroid dienone is 4. The number of carbonyl (C=O) groups is 1. The van der Waals surface area contributed by atoms with Crippen LogP contribution in [0.15, 0.2) is 36.1 Å². The molecule has 1 aliphatic heterocycles. The predicted octanol–water partition coefficient (Wildman–Crippen LogP) is 2.77. The van der Waals surface area contributed by atoms with Crippen LogP contribution in [0.3, 0.4) is 0 Å². The van der Waals surface area contributed by atoms with E-state index in [4.69, 9.17) is 11.6 Å². The van der Waals surface area contributed by atoms with Crippen molar-refractivity contribution < 1.29 is 4.79 Å². The van der Waals surface area contributed by atoms with E-state index in [1.54, 1.807) is 12.2 Å². The maximum atomic E-state index is 11.1. The van der Waals surface area contributed by atoms with Crippen LogP contribution in [0.4, 0.5) is 0 Å². The zero-order valence-electron chi connectivity index (χ0n) is 8.80. The van der Waals surface area contributed by atoms with Gasteiger partial charge >= 0.3 is 0 Å². The summed E-state index contributed by atoms with van der Waals surface area (Å²) in [6.45, 7) is 9.40. The molecule has 0 aromatic rings. The van der Waals surface area contributed by atoms with Gasteiger partial charge in [-0.05, 0) is 6.92 Å². The van der Waals surface area contributed by atoms with Gasteiger partial charge in [0, 0.05) is 11.3 Å². The zero-order valence-corrected chi connectivity index (χ0v) is 9.56. The topological polar surface area (TPSA) is 29.1 Å². The summed E-state index contributed by atoms with van der Waals surface area (Å²) in [4.78, 5) is 11.1. The third-order valence-electron chi connectivity index (χ3n) is 1.66. The molecule has 0 radical (unpaired) electrons. The van der Waals surface area contributed by atoms with E-state index < -0.39 is 5.38 Å². The number of amides is 1. The van der Waals surface area contributed by atoms with Crippen molar-refractivity contribution in [2.45, 2.75) is 26.1 Å². The minimum absolute atomic E-state index is 0.169. The summed E-state index contributed by atoms with van der Waals surface area (Å²) >= 11 is 5.81. The van der Waals surface area contributed by atoms with Gasteiger partial charge in [-0.2, -0.15) is 0 Å². The average Bonchev–Trinajstić information content (AvgIpc) is 2.49. The lowest BCUT2D eigenvalue weighted by Gasteiger charge is -1.97. The normalized spacial score (nSPS) is 25.7. The number of hydrogen-bond donors (Lipinski definition) is 1. The van der Waals surface area contributed by atoms with Gasteiger partial charge in [-0.25, -0.2) is 0 Å². The number of rotatable bonds is 1. The number of halogens is 1. The molecule has 1 saturated heterocycles. The lowest BCUT2D eigenvalue weighted by atomic mass is 10.1. The number of alkyl halides is 1. The highest BCUT2D eigenvalue weighted by atomic mass is 35.5. The summed E-state index contributed by atoms with van der Waals surface area (Å²) < 4.78 is 0. The molecular weight excluding hydrogens is 198 g/mol. The molecule has 1 N–H and O–H groups in total. The number of nitrogens with one attached hydrogen (secondary N) is 1. The first-order valence-corrected chi connectivity index (χ1v) is 5.08. The lowest BCUT2D eigenvalue weighted by Crippen LogP contribution is -2.18. The Morgan fingerprint density at radius 3 is 2.50 bits per heavy atom. The van der Waals surface area contributed by atoms with Gasteiger partial charge in [-0.1, -0.05) is 38.7 Å². The van der Waals surface area contributed by atoms with Gasteiger partial charge in [0.2, 0.25) is 5.91 Å². The van der Waals surface area contributed by atoms with Crippen LogP contribution in [0.5, 0.6) is 0 Å². The molecule has 3 heteroatoms. The number of carbonyl (C=O) groups excluding carboxylic acids is 1. The van der Waals surface area contributed by atoms with Crippen LogP contribution in [-0.4, -0.2) is 11.3 Å². The van der Waals surface area contributed by atoms with E-state index in [2.05, 4.69) is 11.9 Å². The Labute approximate surface area is 90.3 Å². The third kappa shape index (κ3) is 2.74. The molecule has 1 fully saturated rings. The van der Waals surface area contributed by atoms with E-state index in [1.165, 1.54) is 0 Å². The summed E-state index contributed by atoms with van der Waals surface area (Å²) in [5.74, 6) is -0.169. The molecule has 1 atom stereocenters. The van der Waals surface area contributed by atoms with Crippen LogP contribution in [0.25, 0.3) is 0 Å². The highest BCUT2D eigenvalue weighted by Gasteiger charge is 2.30. The molecule has 0 saturated carbocycles. The van der Waals surface area contributed by atoms with Crippen LogP contribution >= 0.6 is 11.6 Å². The van der Waals surface area contributed by atoms with Gasteiger partial charge in [-0.3, -0.25) is 4.79 Å². The van der Waals surface area contributed by atoms with Gasteiger partial charge in [0.25, 0.3) is 0 Å². The van der Waals surface area contributed by atoms with Crippen molar-refractivity contribution in [2.24, 2.45) is 0 Å². The SMILES string of the molecule is C=C/C=C1\C(=C/C)NC(=O)C1Cl.CC. The van der Waals surface area contributed by atoms with Gasteiger partial charge < -0.3 is 5.32 Å². The standard InChI is InChI=1S/C9H10ClNO.C2H6/c1-3-5-6-7(4-2)11-9(12)8(6)10;1-2/h3-5,8H,1H2,2H3,(H,11,12);1-2H3/b6-5+,7-4+;. The molecule has 0 aliphatic carbocycles. The maximum absolute atomic E-state index is 11.1. The molecule has 1 heterocycles. The quantitative estimate of drug-likeness (QED) is 0.667. The Kier molecular flexibility index (Phi) is 5.97. The predicted molar refractivity (Wildman–Crippen MR) is 61.2 cm³/mol. The van der Waals surface area contributed by atoms with Crippen LogP contribution in [-0.2, 0) is 4.79 Å². The minimum atomic E-state index is -0.575. The maximum Gasteiger partial charge on any atom is 0.247 e. The van der Waals surface area contributed by atoms with Crippen molar-refractivity contribution in [2.75, 3.05) is 0 Å². The molecule has 78 valence electrons. The van der Waals surface area contributed by atoms with Crippen LogP contribution in [0.2, 0.25) is 0 Å². The molecule has 1 aliphatic rings. The van der Waals surface area contributed by atoms with Crippen molar-refractivity contribution in [1.82, 2.24) is 5.32 Å². The van der Waals surface area contributed by atoms with Crippen molar-refractivity contribution in [3.8, 4) is 0 Å². The minimum Gasteiger partial charge on any atom is -0.324 e. The molecule has 2 nitrogen and oxygen atoms in total. The highest BCUT2D eigenvalue weighted by Crippen LogP contribution is 2.24. The molecule has 1 rings (SSSR count). The summed E-state index contributed by atoms with van der Waals surface area (Å²) in [6.07, 6.45) is 5.18. The molecule has 14 heavy (non-hydrogen) atoms. The Balaban J connectivity index is 0.000000791. The molecular formula is C11H16ClNO. The first-order valence-electron chi connectivity index (χ1n) is 4.65. The monoisotopic (exact) mass is 213 g/mol. The Bertz CT molecular complexity index is 279. The largest absolute Gasteiger partial charge is 0.324 e. The molecule has 1 unspecified atom stereocenters. The molecule has 1 amide bonds. The summed E-state index contributed by atoms with van der Waals surface area (Å²) in [5, 5.41) is 2.09. The second kappa shape index (κ2) is 6.44. The van der Waals surface area contributed by atoms with Gasteiger partial charge in [0.1, 0.15) is 5.38 Å². The molecule has 0 aromatic heterocycles. The first kappa shape index (κ1) is 13.0. The average molecular weight is 214 g/mol. The lowest BCUT2D eigenvalue weighted by molar-refractivity contribution is -0.118. The fraction of sp³-hybridized carbons (Fsp3) is 0.364. The van der Waals surface area contributed by atoms with Crippen molar-refractivity contribution in [3.63, 3.8) is 0 Å². The van der Waals surface area contributed by atoms with Gasteiger partial charge in [0.05, 0.1) is 0 Å². The van der Waals surface area contributed by atoms with Gasteiger partial charge in [0.15, 0.2) is 0 Å². The molecule has 0 bridgehead atoms. The Morgan fingerprint density at radius 1 is 1.50 bits per heavy atom. The zero-order chi connectivity index (χ0) is 11.1. The second-order valence-corrected chi connectivity index (χ2v) is 2.85. The number of hydrogen-bond acceptors (Lipinski definition) is 1. The summed E-state index contributed by atoms with van der Waals surface area (Å²) in [7, 11) is 0. The van der Waals surface area contributed by atoms with E-state index in [0.717, 1.165) is 11.3 Å².